The maximum atomic E-state index is 13.3. The molecule has 7 heteroatoms. The lowest BCUT2D eigenvalue weighted by atomic mass is 9.96. The topological polar surface area (TPSA) is 60.9 Å². The highest BCUT2D eigenvalue weighted by atomic mass is 32.2. The van der Waals surface area contributed by atoms with E-state index in [2.05, 4.69) is 47.2 Å². The molecule has 4 rings (SSSR count). The van der Waals surface area contributed by atoms with Crippen molar-refractivity contribution in [3.63, 3.8) is 0 Å². The normalized spacial score (nSPS) is 24.9. The Hall–Kier alpha value is -1.44. The highest BCUT2D eigenvalue weighted by Gasteiger charge is 2.39. The number of nitrogens with zero attached hydrogens (tertiary/aromatic N) is 3. The van der Waals surface area contributed by atoms with Crippen molar-refractivity contribution < 1.29 is 13.2 Å². The molecule has 1 aromatic rings. The second-order valence-corrected chi connectivity index (χ2v) is 12.4. The molecule has 1 atom stereocenters. The number of amides is 1. The number of hydrogen-bond acceptors (Lipinski definition) is 5. The summed E-state index contributed by atoms with van der Waals surface area (Å²) < 4.78 is 24.1. The van der Waals surface area contributed by atoms with Gasteiger partial charge in [-0.3, -0.25) is 9.69 Å². The first-order chi connectivity index (χ1) is 15.4. The van der Waals surface area contributed by atoms with Crippen LogP contribution in [0.4, 0.5) is 0 Å². The molecular formula is C25H39N3O3S. The number of piperidine rings is 1. The lowest BCUT2D eigenvalue weighted by Gasteiger charge is -2.38. The minimum absolute atomic E-state index is 0.111. The third-order valence-corrected chi connectivity index (χ3v) is 9.29. The highest BCUT2D eigenvalue weighted by Crippen LogP contribution is 2.29. The number of rotatable bonds is 8. The maximum absolute atomic E-state index is 13.3. The van der Waals surface area contributed by atoms with E-state index < -0.39 is 9.84 Å². The van der Waals surface area contributed by atoms with E-state index in [1.54, 1.807) is 0 Å². The van der Waals surface area contributed by atoms with Crippen molar-refractivity contribution in [2.24, 2.45) is 5.92 Å². The van der Waals surface area contributed by atoms with Gasteiger partial charge in [0.1, 0.15) is 0 Å². The van der Waals surface area contributed by atoms with Crippen molar-refractivity contribution in [3.8, 4) is 0 Å². The molecule has 1 unspecified atom stereocenters. The van der Waals surface area contributed by atoms with Gasteiger partial charge in [0.05, 0.1) is 18.1 Å². The molecule has 0 radical (unpaired) electrons. The number of hydrogen-bond donors (Lipinski definition) is 0. The maximum Gasteiger partial charge on any atom is 0.237 e. The van der Waals surface area contributed by atoms with Crippen molar-refractivity contribution in [3.05, 3.63) is 35.9 Å². The molecule has 0 bridgehead atoms. The summed E-state index contributed by atoms with van der Waals surface area (Å²) in [6.45, 7) is 4.42. The summed E-state index contributed by atoms with van der Waals surface area (Å²) in [5.41, 5.74) is 1.35. The van der Waals surface area contributed by atoms with Crippen LogP contribution in [-0.4, -0.2) is 85.8 Å². The molecule has 6 nitrogen and oxygen atoms in total. The highest BCUT2D eigenvalue weighted by molar-refractivity contribution is 7.91. The summed E-state index contributed by atoms with van der Waals surface area (Å²) in [6.07, 6.45) is 7.20. The molecule has 1 aliphatic carbocycles. The van der Waals surface area contributed by atoms with Gasteiger partial charge in [-0.05, 0) is 63.7 Å². The van der Waals surface area contributed by atoms with Gasteiger partial charge in [-0.25, -0.2) is 8.42 Å². The standard InChI is InChI=1S/C25H39N3O3S/c1-26(17-21-7-3-2-4-8-21)18-22-11-14-27(15-12-22)19-25(29)28(23-9-5-6-10-23)24-13-16-32(30,31)20-24/h2-4,7-8,22-24H,5-6,9-20H2,1H3. The second kappa shape index (κ2) is 10.7. The average Bonchev–Trinajstić information content (AvgIpc) is 3.40. The van der Waals surface area contributed by atoms with E-state index >= 15 is 0 Å². The van der Waals surface area contributed by atoms with E-state index in [0.717, 1.165) is 64.7 Å². The number of carbonyl (C=O) groups is 1. The average molecular weight is 462 g/mol. The number of likely N-dealkylation sites (tertiary alicyclic amines) is 1. The fraction of sp³-hybridized carbons (Fsp3) is 0.720. The molecule has 3 fully saturated rings. The molecule has 1 amide bonds. The Balaban J connectivity index is 1.26. The predicted octanol–water partition coefficient (Wildman–Crippen LogP) is 2.79. The minimum Gasteiger partial charge on any atom is -0.335 e. The lowest BCUT2D eigenvalue weighted by molar-refractivity contribution is -0.137. The van der Waals surface area contributed by atoms with Gasteiger partial charge in [0, 0.05) is 25.2 Å². The van der Waals surface area contributed by atoms with Gasteiger partial charge in [-0.15, -0.1) is 0 Å². The Labute approximate surface area is 193 Å². The molecule has 32 heavy (non-hydrogen) atoms. The minimum atomic E-state index is -2.99. The fourth-order valence-corrected chi connectivity index (χ4v) is 7.59. The molecule has 0 spiro atoms. The zero-order chi connectivity index (χ0) is 22.6. The molecule has 0 N–H and O–H groups in total. The third-order valence-electron chi connectivity index (χ3n) is 7.54. The smallest absolute Gasteiger partial charge is 0.237 e. The molecule has 178 valence electrons. The first-order valence-corrected chi connectivity index (χ1v) is 14.2. The summed E-state index contributed by atoms with van der Waals surface area (Å²) in [7, 11) is -0.798. The van der Waals surface area contributed by atoms with Crippen molar-refractivity contribution in [1.29, 1.82) is 0 Å². The molecule has 2 aliphatic heterocycles. The Bertz CT molecular complexity index is 846. The van der Waals surface area contributed by atoms with Crippen LogP contribution in [0.1, 0.15) is 50.5 Å². The van der Waals surface area contributed by atoms with Gasteiger partial charge in [0.15, 0.2) is 9.84 Å². The van der Waals surface area contributed by atoms with Crippen LogP contribution in [0.3, 0.4) is 0 Å². The SMILES string of the molecule is CN(Cc1ccccc1)CC1CCN(CC(=O)N(C2CCCC2)C2CCS(=O)(=O)C2)CC1. The van der Waals surface area contributed by atoms with Crippen molar-refractivity contribution in [1.82, 2.24) is 14.7 Å². The molecule has 0 aromatic heterocycles. The van der Waals surface area contributed by atoms with Crippen LogP contribution in [0.2, 0.25) is 0 Å². The Morgan fingerprint density at radius 1 is 1.00 bits per heavy atom. The Morgan fingerprint density at radius 2 is 1.69 bits per heavy atom. The van der Waals surface area contributed by atoms with Crippen LogP contribution in [0, 0.1) is 5.92 Å². The van der Waals surface area contributed by atoms with Gasteiger partial charge in [-0.2, -0.15) is 0 Å². The van der Waals surface area contributed by atoms with Crippen LogP contribution < -0.4 is 0 Å². The van der Waals surface area contributed by atoms with Crippen LogP contribution in [0.5, 0.6) is 0 Å². The lowest BCUT2D eigenvalue weighted by Crippen LogP contribution is -2.51. The first kappa shape index (κ1) is 23.7. The first-order valence-electron chi connectivity index (χ1n) is 12.4. The molecule has 2 saturated heterocycles. The molecular weight excluding hydrogens is 422 g/mol. The summed E-state index contributed by atoms with van der Waals surface area (Å²) in [5, 5.41) is 0. The monoisotopic (exact) mass is 461 g/mol. The Kier molecular flexibility index (Phi) is 7.90. The largest absolute Gasteiger partial charge is 0.335 e. The van der Waals surface area contributed by atoms with Crippen LogP contribution in [0.15, 0.2) is 30.3 Å². The van der Waals surface area contributed by atoms with E-state index in [0.29, 0.717) is 18.9 Å². The summed E-state index contributed by atoms with van der Waals surface area (Å²) >= 11 is 0. The second-order valence-electron chi connectivity index (χ2n) is 10.2. The van der Waals surface area contributed by atoms with Crippen LogP contribution in [-0.2, 0) is 21.2 Å². The molecule has 1 aromatic carbocycles. The van der Waals surface area contributed by atoms with E-state index in [9.17, 15) is 13.2 Å². The summed E-state index contributed by atoms with van der Waals surface area (Å²) in [4.78, 5) is 20.0. The summed E-state index contributed by atoms with van der Waals surface area (Å²) in [6, 6.07) is 10.7. The van der Waals surface area contributed by atoms with Crippen molar-refractivity contribution in [2.75, 3.05) is 44.7 Å². The van der Waals surface area contributed by atoms with E-state index in [1.165, 1.54) is 5.56 Å². The summed E-state index contributed by atoms with van der Waals surface area (Å²) in [5.74, 6) is 1.21. The predicted molar refractivity (Wildman–Crippen MR) is 128 cm³/mol. The van der Waals surface area contributed by atoms with Gasteiger partial charge < -0.3 is 9.80 Å². The van der Waals surface area contributed by atoms with Gasteiger partial charge in [-0.1, -0.05) is 43.2 Å². The van der Waals surface area contributed by atoms with E-state index in [4.69, 9.17) is 0 Å². The van der Waals surface area contributed by atoms with Gasteiger partial charge >= 0.3 is 0 Å². The van der Waals surface area contributed by atoms with Crippen LogP contribution in [0.25, 0.3) is 0 Å². The van der Waals surface area contributed by atoms with E-state index in [1.807, 2.05) is 4.90 Å². The van der Waals surface area contributed by atoms with Crippen molar-refractivity contribution in [2.45, 2.75) is 63.6 Å². The van der Waals surface area contributed by atoms with E-state index in [-0.39, 0.29) is 29.5 Å². The van der Waals surface area contributed by atoms with Crippen molar-refractivity contribution >= 4 is 15.7 Å². The number of carbonyl (C=O) groups excluding carboxylic acids is 1. The quantitative estimate of drug-likeness (QED) is 0.596. The van der Waals surface area contributed by atoms with Gasteiger partial charge in [0.2, 0.25) is 5.91 Å². The van der Waals surface area contributed by atoms with Crippen LogP contribution >= 0.6 is 0 Å². The fourth-order valence-electron chi connectivity index (χ4n) is 5.88. The molecule has 3 aliphatic rings. The molecule has 2 heterocycles. The van der Waals surface area contributed by atoms with Gasteiger partial charge in [0.25, 0.3) is 0 Å². The zero-order valence-electron chi connectivity index (χ0n) is 19.5. The molecule has 1 saturated carbocycles. The zero-order valence-corrected chi connectivity index (χ0v) is 20.3. The number of benzene rings is 1. The number of sulfone groups is 1. The third kappa shape index (κ3) is 6.33. The Morgan fingerprint density at radius 3 is 2.31 bits per heavy atom.